The van der Waals surface area contributed by atoms with Gasteiger partial charge in [-0.05, 0) is 31.4 Å². The van der Waals surface area contributed by atoms with E-state index in [0.717, 1.165) is 38.5 Å². The van der Waals surface area contributed by atoms with Gasteiger partial charge >= 0.3 is 37.7 Å². The molecule has 0 fully saturated rings. The Hall–Kier alpha value is -4.04. The zero-order valence-electron chi connectivity index (χ0n) is 50.4. The summed E-state index contributed by atoms with van der Waals surface area (Å²) in [5.74, 6) is -4.91. The molecule has 1 aromatic rings. The van der Waals surface area contributed by atoms with Crippen LogP contribution in [0.4, 0.5) is 0 Å². The van der Waals surface area contributed by atoms with Crippen LogP contribution in [0.5, 0.6) is 0 Å². The lowest BCUT2D eigenvalue weighted by atomic mass is 10.0. The molecule has 0 saturated heterocycles. The molecular weight excluding hydrogens is 1070 g/mol. The fourth-order valence-corrected chi connectivity index (χ4v) is 10.9. The number of phosphoric acid groups is 1. The fraction of sp³-hybridized carbons (Fsp3) is 0.820. The maximum Gasteiger partial charge on any atom is 0.472 e. The molecule has 2 heterocycles. The van der Waals surface area contributed by atoms with E-state index in [-0.39, 0.29) is 91.2 Å². The van der Waals surface area contributed by atoms with Gasteiger partial charge in [-0.3, -0.25) is 57.5 Å². The van der Waals surface area contributed by atoms with E-state index in [1.807, 2.05) is 0 Å². The standard InChI is InChI=1S/C61H108N5O15P/c1-3-5-7-9-11-13-15-17-19-21-23-25-27-29-31-36-59(72)78-50-54(81-60(73)37-32-30-28-26-24-22-20-18-16-14-12-10-8-6-4-2)51-80-82(76,77)79-45-40-62-56(67)39-38-55(61(74)75)66-44-43-64(48-57(68)69)41-42-65(49-58(70)71)46-52-34-33-35-53(47-66)63-52/h33-35,54-55H,3-32,36-51H2,1-2H3,(H,62,67)(H,68,69)(H,70,71)(H,74,75)(H,76,77). The van der Waals surface area contributed by atoms with Crippen LogP contribution in [0.2, 0.25) is 0 Å². The average Bonchev–Trinajstić information content (AvgIpc) is 3.56. The molecule has 20 nitrogen and oxygen atoms in total. The van der Waals surface area contributed by atoms with E-state index in [2.05, 4.69) is 24.1 Å². The van der Waals surface area contributed by atoms with Gasteiger partial charge in [-0.1, -0.05) is 200 Å². The number of hydrogen-bond acceptors (Lipinski definition) is 15. The molecule has 5 N–H and O–H groups in total. The van der Waals surface area contributed by atoms with E-state index >= 15 is 0 Å². The van der Waals surface area contributed by atoms with Crippen molar-refractivity contribution in [2.75, 3.05) is 65.6 Å². The summed E-state index contributed by atoms with van der Waals surface area (Å²) in [7, 11) is -4.77. The van der Waals surface area contributed by atoms with Crippen LogP contribution >= 0.6 is 7.82 Å². The molecule has 82 heavy (non-hydrogen) atoms. The lowest BCUT2D eigenvalue weighted by Gasteiger charge is -2.32. The van der Waals surface area contributed by atoms with Crippen molar-refractivity contribution in [3.8, 4) is 0 Å². The Bertz CT molecular complexity index is 1930. The van der Waals surface area contributed by atoms with Crippen molar-refractivity contribution < 1.29 is 72.1 Å². The summed E-state index contributed by atoms with van der Waals surface area (Å²) in [5.41, 5.74) is 1.06. The number of esters is 2. The lowest BCUT2D eigenvalue weighted by molar-refractivity contribution is -0.161. The Labute approximate surface area is 491 Å². The number of carbonyl (C=O) groups excluding carboxylic acids is 3. The van der Waals surface area contributed by atoms with Crippen molar-refractivity contribution in [3.63, 3.8) is 0 Å². The van der Waals surface area contributed by atoms with Gasteiger partial charge in [0.05, 0.1) is 37.7 Å². The Kier molecular flexibility index (Phi) is 43.6. The molecule has 0 spiro atoms. The number of rotatable bonds is 51. The highest BCUT2D eigenvalue weighted by Gasteiger charge is 2.30. The molecule has 0 aliphatic carbocycles. The number of carboxylic acids is 3. The molecule has 21 heteroatoms. The Morgan fingerprint density at radius 2 is 1.00 bits per heavy atom. The van der Waals surface area contributed by atoms with Gasteiger partial charge in [0.1, 0.15) is 12.6 Å². The second-order valence-electron chi connectivity index (χ2n) is 22.4. The van der Waals surface area contributed by atoms with Crippen molar-refractivity contribution in [2.45, 2.75) is 257 Å². The second-order valence-corrected chi connectivity index (χ2v) is 23.9. The van der Waals surface area contributed by atoms with E-state index in [1.54, 1.807) is 32.9 Å². The third-order valence-corrected chi connectivity index (χ3v) is 15.9. The van der Waals surface area contributed by atoms with Gasteiger partial charge in [-0.25, -0.2) is 4.57 Å². The van der Waals surface area contributed by atoms with Crippen LogP contribution in [-0.2, 0) is 64.9 Å². The molecule has 2 rings (SSSR count). The zero-order chi connectivity index (χ0) is 59.9. The van der Waals surface area contributed by atoms with Gasteiger partial charge < -0.3 is 35.0 Å². The summed E-state index contributed by atoms with van der Waals surface area (Å²) in [4.78, 5) is 94.9. The Balaban J connectivity index is 1.87. The van der Waals surface area contributed by atoms with Crippen LogP contribution in [0.25, 0.3) is 0 Å². The third-order valence-electron chi connectivity index (χ3n) is 14.9. The SMILES string of the molecule is CCCCCCCCCCCCCCCCCC(=O)OCC(COP(=O)(O)OCCNC(=O)CCC(C(=O)O)N1CCN(CC(=O)O)CCN(CC(=O)O)Cc2cccc(n2)C1)OC(=O)CCCCCCCCCCCCCCCCC. The number of nitrogens with one attached hydrogen (secondary N) is 1. The number of ether oxygens (including phenoxy) is 2. The number of phosphoric ester groups is 1. The van der Waals surface area contributed by atoms with E-state index in [0.29, 0.717) is 24.2 Å². The predicted octanol–water partition coefficient (Wildman–Crippen LogP) is 11.6. The van der Waals surface area contributed by atoms with E-state index in [4.69, 9.17) is 18.5 Å². The molecule has 1 amide bonds. The van der Waals surface area contributed by atoms with Crippen molar-refractivity contribution >= 4 is 43.6 Å². The van der Waals surface area contributed by atoms with E-state index in [1.165, 1.54) is 141 Å². The number of carboxylic acid groups (broad SMARTS) is 3. The van der Waals surface area contributed by atoms with Gasteiger partial charge in [-0.15, -0.1) is 0 Å². The monoisotopic (exact) mass is 1180 g/mol. The Morgan fingerprint density at radius 3 is 1.49 bits per heavy atom. The number of pyridine rings is 1. The number of hydrogen-bond donors (Lipinski definition) is 5. The minimum atomic E-state index is -4.77. The first-order chi connectivity index (χ1) is 39.6. The molecule has 0 radical (unpaired) electrons. The largest absolute Gasteiger partial charge is 0.480 e. The molecule has 0 aromatic carbocycles. The summed E-state index contributed by atoms with van der Waals surface area (Å²) in [5, 5.41) is 32.0. The Morgan fingerprint density at radius 1 is 0.561 bits per heavy atom. The average molecular weight is 1180 g/mol. The topological polar surface area (TPSA) is 272 Å². The number of nitrogens with zero attached hydrogens (tertiary/aromatic N) is 4. The molecule has 3 unspecified atom stereocenters. The fourth-order valence-electron chi connectivity index (χ4n) is 10.2. The maximum atomic E-state index is 13.0. The van der Waals surface area contributed by atoms with Crippen molar-refractivity contribution in [3.05, 3.63) is 29.6 Å². The number of aliphatic carboxylic acids is 3. The number of fused-ring (bicyclic) bond motifs is 2. The van der Waals surface area contributed by atoms with Crippen molar-refractivity contribution in [2.24, 2.45) is 0 Å². The third kappa shape index (κ3) is 41.1. The smallest absolute Gasteiger partial charge is 0.472 e. The van der Waals surface area contributed by atoms with Gasteiger partial charge in [0.2, 0.25) is 5.91 Å². The van der Waals surface area contributed by atoms with E-state index < -0.39 is 68.9 Å². The number of carbonyl (C=O) groups is 6. The van der Waals surface area contributed by atoms with Crippen LogP contribution in [0.1, 0.15) is 244 Å². The van der Waals surface area contributed by atoms with Crippen molar-refractivity contribution in [1.29, 1.82) is 0 Å². The van der Waals surface area contributed by atoms with Crippen molar-refractivity contribution in [1.82, 2.24) is 25.0 Å². The molecule has 1 aliphatic heterocycles. The lowest BCUT2D eigenvalue weighted by Crippen LogP contribution is -2.47. The highest BCUT2D eigenvalue weighted by Crippen LogP contribution is 2.43. The summed E-state index contributed by atoms with van der Waals surface area (Å²) in [6.07, 6.45) is 34.6. The maximum absolute atomic E-state index is 13.0. The van der Waals surface area contributed by atoms with E-state index in [9.17, 15) is 53.5 Å². The number of aromatic nitrogens is 1. The molecular formula is C61H108N5O15P. The summed E-state index contributed by atoms with van der Waals surface area (Å²) >= 11 is 0. The van der Waals surface area contributed by atoms with Gasteiger partial charge in [0.15, 0.2) is 6.10 Å². The van der Waals surface area contributed by atoms with Gasteiger partial charge in [-0.2, -0.15) is 0 Å². The summed E-state index contributed by atoms with van der Waals surface area (Å²) < 4.78 is 34.4. The van der Waals surface area contributed by atoms with Gasteiger partial charge in [0.25, 0.3) is 0 Å². The zero-order valence-corrected chi connectivity index (χ0v) is 51.3. The molecule has 472 valence electrons. The minimum absolute atomic E-state index is 0.0491. The first kappa shape index (κ1) is 74.1. The van der Waals surface area contributed by atoms with Crippen LogP contribution < -0.4 is 5.32 Å². The van der Waals surface area contributed by atoms with Gasteiger partial charge in [0, 0.05) is 65.1 Å². The number of amides is 1. The quantitative estimate of drug-likeness (QED) is 0.0230. The molecule has 2 bridgehead atoms. The van der Waals surface area contributed by atoms with Crippen LogP contribution in [0.15, 0.2) is 18.2 Å². The normalized spacial score (nSPS) is 15.2. The highest BCUT2D eigenvalue weighted by molar-refractivity contribution is 7.47. The minimum Gasteiger partial charge on any atom is -0.480 e. The number of unbranched alkanes of at least 4 members (excludes halogenated alkanes) is 28. The first-order valence-corrected chi connectivity index (χ1v) is 33.1. The first-order valence-electron chi connectivity index (χ1n) is 31.6. The highest BCUT2D eigenvalue weighted by atomic mass is 31.2. The summed E-state index contributed by atoms with van der Waals surface area (Å²) in [6.45, 7) is 3.07. The van der Waals surface area contributed by atoms with Crippen LogP contribution in [-0.4, -0.2) is 153 Å². The predicted molar refractivity (Wildman–Crippen MR) is 317 cm³/mol. The molecule has 1 aromatic heterocycles. The molecule has 1 aliphatic rings. The second kappa shape index (κ2) is 48.2. The van der Waals surface area contributed by atoms with Crippen LogP contribution in [0, 0.1) is 0 Å². The summed E-state index contributed by atoms with van der Waals surface area (Å²) in [6, 6.07) is 4.00. The molecule has 3 atom stereocenters. The molecule has 0 saturated carbocycles. The van der Waals surface area contributed by atoms with Crippen LogP contribution in [0.3, 0.4) is 0 Å².